The lowest BCUT2D eigenvalue weighted by Gasteiger charge is -2.01. The Morgan fingerprint density at radius 3 is 2.48 bits per heavy atom. The van der Waals surface area contributed by atoms with Crippen molar-refractivity contribution in [1.82, 2.24) is 25.4 Å². The molecule has 0 fully saturated rings. The fourth-order valence-corrected chi connectivity index (χ4v) is 3.40. The fourth-order valence-electron chi connectivity index (χ4n) is 3.40. The Morgan fingerprint density at radius 2 is 1.68 bits per heavy atom. The van der Waals surface area contributed by atoms with E-state index in [0.29, 0.717) is 34.8 Å². The first-order valence-corrected chi connectivity index (χ1v) is 9.73. The molecule has 0 spiro atoms. The molecule has 3 aromatic carbocycles. The number of aromatic nitrogens is 5. The summed E-state index contributed by atoms with van der Waals surface area (Å²) in [6.07, 6.45) is 4.20. The number of fused-ring (bicyclic) bond motifs is 1. The van der Waals surface area contributed by atoms with E-state index < -0.39 is 5.82 Å². The number of nitrogens with one attached hydrogen (secondary N) is 2. The van der Waals surface area contributed by atoms with E-state index in [0.717, 1.165) is 16.5 Å². The van der Waals surface area contributed by atoms with E-state index in [4.69, 9.17) is 0 Å². The summed E-state index contributed by atoms with van der Waals surface area (Å²) >= 11 is 0. The van der Waals surface area contributed by atoms with Crippen LogP contribution in [-0.2, 0) is 6.42 Å². The van der Waals surface area contributed by atoms with E-state index in [1.165, 1.54) is 18.2 Å². The standard InChI is InChI=1S/C24H17F2N5/c25-17-9-6-15(7-10-17)8-11-21-19-13-18(20(26)14-22(19)29-28-21)24-27-23(30-31-24)12-16-4-2-1-3-5-16/h1-11,13-14H,12H2,(H,28,29)(H,27,30,31)/b11-8+. The largest absolute Gasteiger partial charge is 0.325 e. The molecular weight excluding hydrogens is 396 g/mol. The number of H-pyrrole nitrogens is 2. The highest BCUT2D eigenvalue weighted by molar-refractivity contribution is 5.92. The van der Waals surface area contributed by atoms with Crippen molar-refractivity contribution in [3.63, 3.8) is 0 Å². The van der Waals surface area contributed by atoms with Crippen LogP contribution >= 0.6 is 0 Å². The average Bonchev–Trinajstić information content (AvgIpc) is 3.40. The summed E-state index contributed by atoms with van der Waals surface area (Å²) in [6, 6.07) is 19.1. The lowest BCUT2D eigenvalue weighted by atomic mass is 10.1. The summed E-state index contributed by atoms with van der Waals surface area (Å²) in [6.45, 7) is 0. The molecule has 5 rings (SSSR count). The first-order chi connectivity index (χ1) is 15.2. The molecule has 7 heteroatoms. The third kappa shape index (κ3) is 3.98. The Balaban J connectivity index is 1.46. The van der Waals surface area contributed by atoms with E-state index in [2.05, 4.69) is 25.4 Å². The minimum absolute atomic E-state index is 0.291. The molecule has 0 saturated carbocycles. The molecule has 0 aliphatic carbocycles. The maximum atomic E-state index is 14.8. The zero-order chi connectivity index (χ0) is 21.2. The Hall–Kier alpha value is -4.13. The van der Waals surface area contributed by atoms with Gasteiger partial charge in [-0.3, -0.25) is 5.10 Å². The predicted octanol–water partition coefficient (Wildman–Crippen LogP) is 5.39. The lowest BCUT2D eigenvalue weighted by Crippen LogP contribution is -1.91. The number of nitrogens with zero attached hydrogens (tertiary/aromatic N) is 3. The van der Waals surface area contributed by atoms with E-state index in [-0.39, 0.29) is 5.82 Å². The second kappa shape index (κ2) is 7.95. The molecule has 0 bridgehead atoms. The Kier molecular flexibility index (Phi) is 4.84. The van der Waals surface area contributed by atoms with Crippen LogP contribution in [0.4, 0.5) is 8.78 Å². The van der Waals surface area contributed by atoms with Gasteiger partial charge >= 0.3 is 0 Å². The summed E-state index contributed by atoms with van der Waals surface area (Å²) in [5.41, 5.74) is 3.45. The van der Waals surface area contributed by atoms with Crippen LogP contribution in [0.1, 0.15) is 22.6 Å². The lowest BCUT2D eigenvalue weighted by molar-refractivity contribution is 0.627. The van der Waals surface area contributed by atoms with Crippen molar-refractivity contribution in [3.05, 3.63) is 101 Å². The van der Waals surface area contributed by atoms with Gasteiger partial charge in [0, 0.05) is 17.9 Å². The van der Waals surface area contributed by atoms with Gasteiger partial charge in [-0.05, 0) is 35.4 Å². The van der Waals surface area contributed by atoms with Crippen LogP contribution in [0.3, 0.4) is 0 Å². The Bertz CT molecular complexity index is 1370. The molecule has 5 nitrogen and oxygen atoms in total. The molecule has 0 unspecified atom stereocenters. The molecule has 0 amide bonds. The maximum Gasteiger partial charge on any atom is 0.164 e. The van der Waals surface area contributed by atoms with Crippen LogP contribution in [0, 0.1) is 11.6 Å². The molecule has 2 heterocycles. The van der Waals surface area contributed by atoms with Gasteiger partial charge in [-0.25, -0.2) is 8.78 Å². The molecule has 31 heavy (non-hydrogen) atoms. The summed E-state index contributed by atoms with van der Waals surface area (Å²) in [5.74, 6) is 0.304. The van der Waals surface area contributed by atoms with Gasteiger partial charge in [0.25, 0.3) is 0 Å². The number of rotatable bonds is 5. The SMILES string of the molecule is Fc1ccc(/C=C/c2n[nH]c3cc(F)c(-c4nnc(Cc5ccccc5)[nH]4)cc23)cc1. The van der Waals surface area contributed by atoms with Crippen molar-refractivity contribution in [1.29, 1.82) is 0 Å². The highest BCUT2D eigenvalue weighted by Crippen LogP contribution is 2.27. The Morgan fingerprint density at radius 1 is 0.871 bits per heavy atom. The molecule has 2 N–H and O–H groups in total. The van der Waals surface area contributed by atoms with Gasteiger partial charge in [0.05, 0.1) is 16.8 Å². The summed E-state index contributed by atoms with van der Waals surface area (Å²) in [5, 5.41) is 16.2. The molecule has 2 aromatic heterocycles. The van der Waals surface area contributed by atoms with E-state index in [1.807, 2.05) is 36.4 Å². The maximum absolute atomic E-state index is 14.8. The van der Waals surface area contributed by atoms with E-state index >= 15 is 0 Å². The van der Waals surface area contributed by atoms with Crippen LogP contribution in [0.5, 0.6) is 0 Å². The molecule has 0 saturated heterocycles. The average molecular weight is 413 g/mol. The Labute approximate surface area is 176 Å². The summed E-state index contributed by atoms with van der Waals surface area (Å²) in [7, 11) is 0. The minimum Gasteiger partial charge on any atom is -0.325 e. The number of hydrogen-bond donors (Lipinski definition) is 2. The van der Waals surface area contributed by atoms with Gasteiger partial charge in [0.1, 0.15) is 17.5 Å². The van der Waals surface area contributed by atoms with Gasteiger partial charge in [0.2, 0.25) is 0 Å². The van der Waals surface area contributed by atoms with Crippen LogP contribution in [0.15, 0.2) is 66.7 Å². The van der Waals surface area contributed by atoms with Crippen LogP contribution in [-0.4, -0.2) is 25.4 Å². The van der Waals surface area contributed by atoms with Crippen LogP contribution in [0.2, 0.25) is 0 Å². The van der Waals surface area contributed by atoms with Gasteiger partial charge in [-0.1, -0.05) is 48.5 Å². The number of aromatic amines is 2. The molecule has 0 aliphatic heterocycles. The summed E-state index contributed by atoms with van der Waals surface area (Å²) in [4.78, 5) is 3.11. The quantitative estimate of drug-likeness (QED) is 0.406. The van der Waals surface area contributed by atoms with E-state index in [9.17, 15) is 8.78 Å². The van der Waals surface area contributed by atoms with Gasteiger partial charge in [0.15, 0.2) is 5.82 Å². The molecule has 0 aliphatic rings. The smallest absolute Gasteiger partial charge is 0.164 e. The molecule has 152 valence electrons. The van der Waals surface area contributed by atoms with Crippen LogP contribution < -0.4 is 0 Å². The zero-order valence-corrected chi connectivity index (χ0v) is 16.3. The molecule has 0 atom stereocenters. The normalized spacial score (nSPS) is 11.5. The minimum atomic E-state index is -0.423. The third-order valence-corrected chi connectivity index (χ3v) is 4.99. The monoisotopic (exact) mass is 413 g/mol. The zero-order valence-electron chi connectivity index (χ0n) is 16.3. The fraction of sp³-hybridized carbons (Fsp3) is 0.0417. The molecular formula is C24H17F2N5. The number of halogens is 2. The van der Waals surface area contributed by atoms with Crippen molar-refractivity contribution in [2.24, 2.45) is 0 Å². The first-order valence-electron chi connectivity index (χ1n) is 9.73. The molecule has 0 radical (unpaired) electrons. The third-order valence-electron chi connectivity index (χ3n) is 4.99. The number of hydrogen-bond acceptors (Lipinski definition) is 3. The van der Waals surface area contributed by atoms with Crippen molar-refractivity contribution in [2.45, 2.75) is 6.42 Å². The van der Waals surface area contributed by atoms with Crippen LogP contribution in [0.25, 0.3) is 34.4 Å². The van der Waals surface area contributed by atoms with Gasteiger partial charge < -0.3 is 4.98 Å². The highest BCUT2D eigenvalue weighted by Gasteiger charge is 2.15. The van der Waals surface area contributed by atoms with Crippen molar-refractivity contribution in [2.75, 3.05) is 0 Å². The van der Waals surface area contributed by atoms with E-state index in [1.54, 1.807) is 24.3 Å². The second-order valence-corrected chi connectivity index (χ2v) is 7.15. The highest BCUT2D eigenvalue weighted by atomic mass is 19.1. The van der Waals surface area contributed by atoms with Crippen molar-refractivity contribution < 1.29 is 8.78 Å². The summed E-state index contributed by atoms with van der Waals surface area (Å²) < 4.78 is 27.8. The van der Waals surface area contributed by atoms with Crippen molar-refractivity contribution >= 4 is 23.1 Å². The topological polar surface area (TPSA) is 70.2 Å². The van der Waals surface area contributed by atoms with Crippen molar-refractivity contribution in [3.8, 4) is 11.4 Å². The molecule has 5 aromatic rings. The predicted molar refractivity (Wildman–Crippen MR) is 116 cm³/mol. The second-order valence-electron chi connectivity index (χ2n) is 7.15. The first kappa shape index (κ1) is 18.9. The van der Waals surface area contributed by atoms with Gasteiger partial charge in [-0.15, -0.1) is 10.2 Å². The van der Waals surface area contributed by atoms with Gasteiger partial charge in [-0.2, -0.15) is 5.10 Å². The number of benzene rings is 3.